The fraction of sp³-hybridized carbons (Fsp3) is 0.333. The zero-order valence-electron chi connectivity index (χ0n) is 15.2. The lowest BCUT2D eigenvalue weighted by molar-refractivity contribution is -0.149. The molecular weight excluding hydrogens is 328 g/mol. The Kier molecular flexibility index (Phi) is 5.09. The number of amides is 2. The second-order valence-electron chi connectivity index (χ2n) is 7.09. The Bertz CT molecular complexity index is 771. The molecule has 0 aliphatic carbocycles. The van der Waals surface area contributed by atoms with Gasteiger partial charge in [-0.3, -0.25) is 9.59 Å². The molecule has 1 fully saturated rings. The molecule has 26 heavy (non-hydrogen) atoms. The number of carbonyl (C=O) groups excluding carboxylic acids is 2. The number of hydrogen-bond acceptors (Lipinski definition) is 3. The Morgan fingerprint density at radius 1 is 0.808 bits per heavy atom. The van der Waals surface area contributed by atoms with Gasteiger partial charge in [-0.2, -0.15) is 0 Å². The zero-order chi connectivity index (χ0) is 18.7. The van der Waals surface area contributed by atoms with Crippen molar-refractivity contribution in [3.63, 3.8) is 0 Å². The minimum Gasteiger partial charge on any atom is -0.381 e. The fourth-order valence-corrected chi connectivity index (χ4v) is 3.12. The summed E-state index contributed by atoms with van der Waals surface area (Å²) in [6, 6.07) is 17.6. The summed E-state index contributed by atoms with van der Waals surface area (Å²) >= 11 is 0. The Morgan fingerprint density at radius 2 is 1.31 bits per heavy atom. The van der Waals surface area contributed by atoms with E-state index in [0.717, 1.165) is 11.1 Å². The van der Waals surface area contributed by atoms with Crippen molar-refractivity contribution in [1.82, 2.24) is 9.80 Å². The lowest BCUT2D eigenvalue weighted by atomic mass is 10.0. The van der Waals surface area contributed by atoms with Crippen molar-refractivity contribution in [3.05, 3.63) is 60.2 Å². The van der Waals surface area contributed by atoms with E-state index in [1.165, 1.54) is 13.8 Å². The van der Waals surface area contributed by atoms with Gasteiger partial charge in [0.2, 0.25) is 0 Å². The number of aliphatic hydroxyl groups is 1. The summed E-state index contributed by atoms with van der Waals surface area (Å²) in [6.45, 7) is 4.80. The maximum Gasteiger partial charge on any atom is 0.254 e. The standard InChI is InChI=1S/C21H24N2O3/c1-21(2,26)20(25)23-14-12-22(13-15-23)19(24)18-10-8-17(9-11-18)16-6-4-3-5-7-16/h3-11,26H,12-15H2,1-2H3. The molecule has 0 atom stereocenters. The van der Waals surface area contributed by atoms with E-state index in [9.17, 15) is 14.7 Å². The maximum absolute atomic E-state index is 12.7. The van der Waals surface area contributed by atoms with Crippen LogP contribution in [-0.2, 0) is 4.79 Å². The van der Waals surface area contributed by atoms with Crippen molar-refractivity contribution < 1.29 is 14.7 Å². The largest absolute Gasteiger partial charge is 0.381 e. The predicted octanol–water partition coefficient (Wildman–Crippen LogP) is 2.41. The van der Waals surface area contributed by atoms with Crippen LogP contribution in [0, 0.1) is 0 Å². The van der Waals surface area contributed by atoms with E-state index >= 15 is 0 Å². The zero-order valence-corrected chi connectivity index (χ0v) is 15.2. The molecule has 0 saturated carbocycles. The molecule has 2 amide bonds. The molecule has 5 heteroatoms. The summed E-state index contributed by atoms with van der Waals surface area (Å²) in [5.74, 6) is -0.322. The maximum atomic E-state index is 12.7. The van der Waals surface area contributed by atoms with Crippen molar-refractivity contribution in [2.45, 2.75) is 19.4 Å². The van der Waals surface area contributed by atoms with Crippen LogP contribution >= 0.6 is 0 Å². The van der Waals surface area contributed by atoms with Crippen LogP contribution in [0.15, 0.2) is 54.6 Å². The van der Waals surface area contributed by atoms with E-state index in [0.29, 0.717) is 31.7 Å². The average Bonchev–Trinajstić information content (AvgIpc) is 2.67. The molecule has 1 saturated heterocycles. The molecule has 1 heterocycles. The molecule has 1 aliphatic heterocycles. The molecule has 0 unspecified atom stereocenters. The molecule has 0 spiro atoms. The molecular formula is C21H24N2O3. The minimum atomic E-state index is -1.38. The Labute approximate surface area is 153 Å². The van der Waals surface area contributed by atoms with E-state index in [2.05, 4.69) is 0 Å². The predicted molar refractivity (Wildman–Crippen MR) is 101 cm³/mol. The first-order valence-corrected chi connectivity index (χ1v) is 8.83. The van der Waals surface area contributed by atoms with E-state index in [4.69, 9.17) is 0 Å². The highest BCUT2D eigenvalue weighted by Crippen LogP contribution is 2.20. The van der Waals surface area contributed by atoms with Gasteiger partial charge < -0.3 is 14.9 Å². The highest BCUT2D eigenvalue weighted by atomic mass is 16.3. The fourth-order valence-electron chi connectivity index (χ4n) is 3.12. The van der Waals surface area contributed by atoms with Gasteiger partial charge in [-0.05, 0) is 37.1 Å². The highest BCUT2D eigenvalue weighted by Gasteiger charge is 2.32. The van der Waals surface area contributed by atoms with Crippen LogP contribution in [0.25, 0.3) is 11.1 Å². The summed E-state index contributed by atoms with van der Waals surface area (Å²) in [5, 5.41) is 9.84. The highest BCUT2D eigenvalue weighted by molar-refractivity contribution is 5.95. The van der Waals surface area contributed by atoms with Crippen LogP contribution in [0.2, 0.25) is 0 Å². The van der Waals surface area contributed by atoms with Crippen molar-refractivity contribution in [1.29, 1.82) is 0 Å². The van der Waals surface area contributed by atoms with Gasteiger partial charge in [-0.15, -0.1) is 0 Å². The lowest BCUT2D eigenvalue weighted by Gasteiger charge is -2.37. The SMILES string of the molecule is CC(C)(O)C(=O)N1CCN(C(=O)c2ccc(-c3ccccc3)cc2)CC1. The number of piperazine rings is 1. The Hall–Kier alpha value is -2.66. The third-order valence-electron chi connectivity index (χ3n) is 4.62. The molecule has 5 nitrogen and oxygen atoms in total. The summed E-state index contributed by atoms with van der Waals surface area (Å²) < 4.78 is 0. The number of hydrogen-bond donors (Lipinski definition) is 1. The van der Waals surface area contributed by atoms with Gasteiger partial charge in [0.05, 0.1) is 0 Å². The third kappa shape index (κ3) is 3.94. The van der Waals surface area contributed by atoms with Crippen LogP contribution in [0.1, 0.15) is 24.2 Å². The first kappa shape index (κ1) is 18.1. The number of nitrogens with zero attached hydrogens (tertiary/aromatic N) is 2. The minimum absolute atomic E-state index is 0.0278. The number of benzene rings is 2. The molecule has 3 rings (SSSR count). The molecule has 1 N–H and O–H groups in total. The Balaban J connectivity index is 1.63. The molecule has 0 bridgehead atoms. The van der Waals surface area contributed by atoms with E-state index in [1.807, 2.05) is 54.6 Å². The molecule has 1 aliphatic rings. The first-order chi connectivity index (χ1) is 12.4. The van der Waals surface area contributed by atoms with Crippen molar-refractivity contribution in [2.75, 3.05) is 26.2 Å². The quantitative estimate of drug-likeness (QED) is 0.923. The smallest absolute Gasteiger partial charge is 0.254 e. The monoisotopic (exact) mass is 352 g/mol. The molecule has 2 aromatic carbocycles. The second kappa shape index (κ2) is 7.30. The van der Waals surface area contributed by atoms with Gasteiger partial charge in [-0.25, -0.2) is 0 Å². The summed E-state index contributed by atoms with van der Waals surface area (Å²) in [6.07, 6.45) is 0. The molecule has 136 valence electrons. The summed E-state index contributed by atoms with van der Waals surface area (Å²) in [4.78, 5) is 28.2. The lowest BCUT2D eigenvalue weighted by Crippen LogP contribution is -2.55. The first-order valence-electron chi connectivity index (χ1n) is 8.83. The van der Waals surface area contributed by atoms with E-state index < -0.39 is 5.60 Å². The summed E-state index contributed by atoms with van der Waals surface area (Å²) in [7, 11) is 0. The number of carbonyl (C=O) groups is 2. The Morgan fingerprint density at radius 3 is 1.85 bits per heavy atom. The number of rotatable bonds is 3. The van der Waals surface area contributed by atoms with Gasteiger partial charge in [0.25, 0.3) is 11.8 Å². The summed E-state index contributed by atoms with van der Waals surface area (Å²) in [5.41, 5.74) is 1.46. The van der Waals surface area contributed by atoms with Crippen LogP contribution in [0.5, 0.6) is 0 Å². The van der Waals surface area contributed by atoms with Crippen molar-refractivity contribution >= 4 is 11.8 Å². The molecule has 0 radical (unpaired) electrons. The topological polar surface area (TPSA) is 60.9 Å². The van der Waals surface area contributed by atoms with E-state index in [1.54, 1.807) is 9.80 Å². The van der Waals surface area contributed by atoms with Crippen LogP contribution in [-0.4, -0.2) is 58.5 Å². The van der Waals surface area contributed by atoms with Crippen LogP contribution in [0.3, 0.4) is 0 Å². The van der Waals surface area contributed by atoms with Gasteiger partial charge in [0, 0.05) is 31.7 Å². The second-order valence-corrected chi connectivity index (χ2v) is 7.09. The normalized spacial score (nSPS) is 15.0. The van der Waals surface area contributed by atoms with Crippen molar-refractivity contribution in [2.24, 2.45) is 0 Å². The van der Waals surface area contributed by atoms with Gasteiger partial charge in [0.15, 0.2) is 0 Å². The third-order valence-corrected chi connectivity index (χ3v) is 4.62. The molecule has 2 aromatic rings. The van der Waals surface area contributed by atoms with Crippen molar-refractivity contribution in [3.8, 4) is 11.1 Å². The van der Waals surface area contributed by atoms with Gasteiger partial charge in [0.1, 0.15) is 5.60 Å². The van der Waals surface area contributed by atoms with Crippen LogP contribution < -0.4 is 0 Å². The molecule has 0 aromatic heterocycles. The van der Waals surface area contributed by atoms with E-state index in [-0.39, 0.29) is 11.8 Å². The van der Waals surface area contributed by atoms with Gasteiger partial charge in [-0.1, -0.05) is 42.5 Å². The van der Waals surface area contributed by atoms with Gasteiger partial charge >= 0.3 is 0 Å². The van der Waals surface area contributed by atoms with Crippen LogP contribution in [0.4, 0.5) is 0 Å². The average molecular weight is 352 g/mol.